The molecule has 0 aliphatic carbocycles. The van der Waals surface area contributed by atoms with Crippen molar-refractivity contribution in [3.8, 4) is 0 Å². The van der Waals surface area contributed by atoms with Crippen molar-refractivity contribution in [1.29, 1.82) is 0 Å². The number of hydrogen-bond acceptors (Lipinski definition) is 6. The Morgan fingerprint density at radius 1 is 0.351 bits per heavy atom. The third-order valence-electron chi connectivity index (χ3n) is 10.6. The Hall–Kier alpha value is -2.37. The van der Waals surface area contributed by atoms with Crippen molar-refractivity contribution in [1.82, 2.24) is 0 Å². The summed E-state index contributed by atoms with van der Waals surface area (Å²) in [4.78, 5) is 37.8. The first-order valence-electron chi connectivity index (χ1n) is 24.5. The third-order valence-corrected chi connectivity index (χ3v) is 10.6. The molecule has 1 atom stereocenters. The van der Waals surface area contributed by atoms with Gasteiger partial charge in [-0.25, -0.2) is 0 Å². The highest BCUT2D eigenvalue weighted by Gasteiger charge is 2.19. The van der Waals surface area contributed by atoms with Crippen molar-refractivity contribution in [3.05, 3.63) is 36.5 Å². The van der Waals surface area contributed by atoms with Gasteiger partial charge in [0, 0.05) is 19.3 Å². The summed E-state index contributed by atoms with van der Waals surface area (Å²) in [7, 11) is 0. The van der Waals surface area contributed by atoms with Crippen molar-refractivity contribution in [2.45, 2.75) is 258 Å². The van der Waals surface area contributed by atoms with Crippen LogP contribution in [-0.4, -0.2) is 37.2 Å². The van der Waals surface area contributed by atoms with E-state index < -0.39 is 6.10 Å². The molecule has 6 heteroatoms. The van der Waals surface area contributed by atoms with Gasteiger partial charge in [-0.05, 0) is 77.0 Å². The summed E-state index contributed by atoms with van der Waals surface area (Å²) in [6.07, 6.45) is 52.6. The predicted molar refractivity (Wildman–Crippen MR) is 242 cm³/mol. The van der Waals surface area contributed by atoms with E-state index in [0.29, 0.717) is 19.3 Å². The lowest BCUT2D eigenvalue weighted by Crippen LogP contribution is -2.30. The molecule has 0 aromatic carbocycles. The van der Waals surface area contributed by atoms with Crippen LogP contribution in [0.1, 0.15) is 252 Å². The number of unbranched alkanes of at least 4 members (excludes halogenated alkanes) is 27. The van der Waals surface area contributed by atoms with Gasteiger partial charge in [-0.1, -0.05) is 192 Å². The molecule has 0 aliphatic heterocycles. The van der Waals surface area contributed by atoms with E-state index in [1.54, 1.807) is 0 Å². The molecule has 0 radical (unpaired) electrons. The maximum absolute atomic E-state index is 12.7. The van der Waals surface area contributed by atoms with Crippen LogP contribution in [0.25, 0.3) is 0 Å². The van der Waals surface area contributed by atoms with Gasteiger partial charge in [-0.15, -0.1) is 0 Å². The number of carbonyl (C=O) groups is 3. The molecular weight excluding hydrogens is 709 g/mol. The monoisotopic (exact) mass is 801 g/mol. The second-order valence-corrected chi connectivity index (χ2v) is 16.4. The van der Waals surface area contributed by atoms with Crippen LogP contribution in [0.4, 0.5) is 0 Å². The SMILES string of the molecule is CCCCC/C=C\C/C=C\CCCCCCCC(=O)OCC(COC(=O)CCCCCCCCCCCCC)OC(=O)CCCCCCC/C=C\CCCCCC. The molecule has 0 saturated heterocycles. The van der Waals surface area contributed by atoms with E-state index in [9.17, 15) is 14.4 Å². The molecule has 0 saturated carbocycles. The minimum absolute atomic E-state index is 0.0777. The average molecular weight is 801 g/mol. The van der Waals surface area contributed by atoms with E-state index >= 15 is 0 Å². The maximum atomic E-state index is 12.7. The van der Waals surface area contributed by atoms with Crippen molar-refractivity contribution in [2.75, 3.05) is 13.2 Å². The molecular formula is C51H92O6. The summed E-state index contributed by atoms with van der Waals surface area (Å²) >= 11 is 0. The van der Waals surface area contributed by atoms with E-state index in [1.807, 2.05) is 0 Å². The van der Waals surface area contributed by atoms with Crippen molar-refractivity contribution in [3.63, 3.8) is 0 Å². The molecule has 0 N–H and O–H groups in total. The summed E-state index contributed by atoms with van der Waals surface area (Å²) in [6.45, 7) is 6.58. The smallest absolute Gasteiger partial charge is 0.306 e. The minimum atomic E-state index is -0.777. The van der Waals surface area contributed by atoms with E-state index in [0.717, 1.165) is 89.9 Å². The normalized spacial score (nSPS) is 12.3. The second-order valence-electron chi connectivity index (χ2n) is 16.4. The fourth-order valence-electron chi connectivity index (χ4n) is 6.88. The molecule has 0 bridgehead atoms. The van der Waals surface area contributed by atoms with E-state index in [4.69, 9.17) is 14.2 Å². The molecule has 0 spiro atoms. The molecule has 0 rings (SSSR count). The zero-order valence-corrected chi connectivity index (χ0v) is 37.9. The number of rotatable bonds is 44. The summed E-state index contributed by atoms with van der Waals surface area (Å²) in [5, 5.41) is 0. The molecule has 57 heavy (non-hydrogen) atoms. The lowest BCUT2D eigenvalue weighted by molar-refractivity contribution is -0.167. The van der Waals surface area contributed by atoms with Gasteiger partial charge in [0.15, 0.2) is 6.10 Å². The maximum Gasteiger partial charge on any atom is 0.306 e. The Labute approximate surface area is 353 Å². The number of allylic oxidation sites excluding steroid dienone is 6. The van der Waals surface area contributed by atoms with Gasteiger partial charge < -0.3 is 14.2 Å². The molecule has 0 amide bonds. The molecule has 6 nitrogen and oxygen atoms in total. The Morgan fingerprint density at radius 3 is 1.04 bits per heavy atom. The molecule has 0 aromatic heterocycles. The highest BCUT2D eigenvalue weighted by atomic mass is 16.6. The largest absolute Gasteiger partial charge is 0.462 e. The van der Waals surface area contributed by atoms with Gasteiger partial charge in [-0.2, -0.15) is 0 Å². The van der Waals surface area contributed by atoms with Crippen LogP contribution in [0, 0.1) is 0 Å². The zero-order valence-electron chi connectivity index (χ0n) is 37.9. The number of ether oxygens (including phenoxy) is 3. The summed E-state index contributed by atoms with van der Waals surface area (Å²) in [5.41, 5.74) is 0. The zero-order chi connectivity index (χ0) is 41.5. The molecule has 0 fully saturated rings. The van der Waals surface area contributed by atoms with E-state index in [-0.39, 0.29) is 31.1 Å². The van der Waals surface area contributed by atoms with Crippen LogP contribution < -0.4 is 0 Å². The second kappa shape index (κ2) is 46.3. The van der Waals surface area contributed by atoms with Crippen LogP contribution in [-0.2, 0) is 28.6 Å². The highest BCUT2D eigenvalue weighted by molar-refractivity contribution is 5.71. The fraction of sp³-hybridized carbons (Fsp3) is 0.824. The summed E-state index contributed by atoms with van der Waals surface area (Å²) in [5.74, 6) is -0.896. The van der Waals surface area contributed by atoms with Crippen LogP contribution in [0.15, 0.2) is 36.5 Å². The van der Waals surface area contributed by atoms with Gasteiger partial charge in [0.05, 0.1) is 0 Å². The Bertz CT molecular complexity index is 969. The number of carbonyl (C=O) groups excluding carboxylic acids is 3. The van der Waals surface area contributed by atoms with Gasteiger partial charge in [-0.3, -0.25) is 14.4 Å². The van der Waals surface area contributed by atoms with Crippen molar-refractivity contribution < 1.29 is 28.6 Å². The van der Waals surface area contributed by atoms with Crippen LogP contribution in [0.5, 0.6) is 0 Å². The van der Waals surface area contributed by atoms with Crippen molar-refractivity contribution >= 4 is 17.9 Å². The van der Waals surface area contributed by atoms with Crippen molar-refractivity contribution in [2.24, 2.45) is 0 Å². The average Bonchev–Trinajstić information content (AvgIpc) is 3.21. The van der Waals surface area contributed by atoms with Crippen LogP contribution in [0.2, 0.25) is 0 Å². The van der Waals surface area contributed by atoms with Gasteiger partial charge in [0.2, 0.25) is 0 Å². The van der Waals surface area contributed by atoms with E-state index in [1.165, 1.54) is 122 Å². The molecule has 0 aromatic rings. The quantitative estimate of drug-likeness (QED) is 0.0264. The first-order chi connectivity index (χ1) is 28.0. The van der Waals surface area contributed by atoms with E-state index in [2.05, 4.69) is 57.2 Å². The Morgan fingerprint density at radius 2 is 0.632 bits per heavy atom. The summed E-state index contributed by atoms with van der Waals surface area (Å²) < 4.78 is 16.7. The first kappa shape index (κ1) is 54.6. The Kier molecular flexibility index (Phi) is 44.4. The standard InChI is InChI=1S/C51H92O6/c1-4-7-10-13-16-19-22-24-25-27-29-32-35-38-41-44-50(53)56-47-48(46-55-49(52)43-40-37-34-31-28-21-18-15-12-9-6-3)57-51(54)45-42-39-36-33-30-26-23-20-17-14-11-8-5-2/h16,19-20,23-25,48H,4-15,17-18,21-22,26-47H2,1-3H3/b19-16-,23-20-,25-24-. The number of hydrogen-bond donors (Lipinski definition) is 0. The Balaban J connectivity index is 4.39. The van der Waals surface area contributed by atoms with Gasteiger partial charge in [0.1, 0.15) is 13.2 Å². The summed E-state index contributed by atoms with van der Waals surface area (Å²) in [6, 6.07) is 0. The van der Waals surface area contributed by atoms with Crippen LogP contribution in [0.3, 0.4) is 0 Å². The molecule has 332 valence electrons. The predicted octanol–water partition coefficient (Wildman–Crippen LogP) is 15.8. The van der Waals surface area contributed by atoms with Crippen LogP contribution >= 0.6 is 0 Å². The molecule has 0 heterocycles. The highest BCUT2D eigenvalue weighted by Crippen LogP contribution is 2.14. The molecule has 0 aliphatic rings. The first-order valence-corrected chi connectivity index (χ1v) is 24.5. The minimum Gasteiger partial charge on any atom is -0.462 e. The topological polar surface area (TPSA) is 78.9 Å². The fourth-order valence-corrected chi connectivity index (χ4v) is 6.88. The third kappa shape index (κ3) is 44.6. The molecule has 1 unspecified atom stereocenters. The lowest BCUT2D eigenvalue weighted by atomic mass is 10.1. The lowest BCUT2D eigenvalue weighted by Gasteiger charge is -2.18. The van der Waals surface area contributed by atoms with Gasteiger partial charge in [0.25, 0.3) is 0 Å². The number of esters is 3. The van der Waals surface area contributed by atoms with Gasteiger partial charge >= 0.3 is 17.9 Å².